The van der Waals surface area contributed by atoms with Crippen molar-refractivity contribution in [1.82, 2.24) is 14.9 Å². The third kappa shape index (κ3) is 3.21. The Bertz CT molecular complexity index is 683. The van der Waals surface area contributed by atoms with Crippen LogP contribution in [0.3, 0.4) is 0 Å². The summed E-state index contributed by atoms with van der Waals surface area (Å²) in [6.07, 6.45) is 4.67. The quantitative estimate of drug-likeness (QED) is 0.940. The molecule has 0 saturated carbocycles. The first-order valence-corrected chi connectivity index (χ1v) is 9.11. The van der Waals surface area contributed by atoms with Gasteiger partial charge in [0, 0.05) is 56.2 Å². The molecule has 2 atom stereocenters. The summed E-state index contributed by atoms with van der Waals surface area (Å²) in [7, 11) is 0. The van der Waals surface area contributed by atoms with Crippen molar-refractivity contribution >= 4 is 11.0 Å². The molecule has 5 heteroatoms. The van der Waals surface area contributed by atoms with E-state index >= 15 is 0 Å². The van der Waals surface area contributed by atoms with Crippen molar-refractivity contribution in [3.63, 3.8) is 0 Å². The molecule has 2 fully saturated rings. The number of ether oxygens (including phenoxy) is 2. The number of hydrogen-bond acceptors (Lipinski definition) is 4. The van der Waals surface area contributed by atoms with Crippen molar-refractivity contribution in [2.24, 2.45) is 0 Å². The van der Waals surface area contributed by atoms with Gasteiger partial charge in [-0.1, -0.05) is 0 Å². The Labute approximate surface area is 143 Å². The molecule has 0 aliphatic carbocycles. The van der Waals surface area contributed by atoms with Gasteiger partial charge in [-0.25, -0.2) is 0 Å². The highest BCUT2D eigenvalue weighted by molar-refractivity contribution is 5.80. The Morgan fingerprint density at radius 3 is 2.71 bits per heavy atom. The molecule has 2 aliphatic rings. The minimum Gasteiger partial charge on any atom is -0.381 e. The van der Waals surface area contributed by atoms with E-state index in [0.717, 1.165) is 56.7 Å². The molecule has 4 heterocycles. The third-order valence-electron chi connectivity index (χ3n) is 5.19. The number of nitrogens with one attached hydrogen (secondary N) is 1. The van der Waals surface area contributed by atoms with Gasteiger partial charge < -0.3 is 14.5 Å². The van der Waals surface area contributed by atoms with Crippen LogP contribution in [0.4, 0.5) is 0 Å². The number of pyridine rings is 1. The summed E-state index contributed by atoms with van der Waals surface area (Å²) in [5.41, 5.74) is 5.03. The van der Waals surface area contributed by atoms with Crippen LogP contribution in [0.15, 0.2) is 18.3 Å². The fourth-order valence-corrected chi connectivity index (χ4v) is 4.23. The van der Waals surface area contributed by atoms with Crippen LogP contribution in [0, 0.1) is 0 Å². The number of nitrogens with zero attached hydrogens (tertiary/aromatic N) is 2. The Balaban J connectivity index is 1.67. The predicted octanol–water partition coefficient (Wildman–Crippen LogP) is 3.07. The first-order valence-electron chi connectivity index (χ1n) is 9.11. The zero-order chi connectivity index (χ0) is 16.5. The summed E-state index contributed by atoms with van der Waals surface area (Å²) >= 11 is 0. The lowest BCUT2D eigenvalue weighted by Crippen LogP contribution is -2.45. The summed E-state index contributed by atoms with van der Waals surface area (Å²) in [4.78, 5) is 10.9. The number of hydrogen-bond donors (Lipinski definition) is 1. The summed E-state index contributed by atoms with van der Waals surface area (Å²) in [6, 6.07) is 4.15. The van der Waals surface area contributed by atoms with E-state index in [1.165, 1.54) is 11.3 Å². The van der Waals surface area contributed by atoms with Gasteiger partial charge in [0.2, 0.25) is 0 Å². The molecule has 0 aromatic carbocycles. The van der Waals surface area contributed by atoms with Crippen LogP contribution in [-0.2, 0) is 16.0 Å². The van der Waals surface area contributed by atoms with E-state index in [4.69, 9.17) is 9.47 Å². The molecule has 0 unspecified atom stereocenters. The van der Waals surface area contributed by atoms with Crippen LogP contribution in [0.25, 0.3) is 11.0 Å². The Hall–Kier alpha value is -1.43. The molecule has 130 valence electrons. The van der Waals surface area contributed by atoms with Crippen LogP contribution in [-0.4, -0.2) is 53.4 Å². The maximum atomic E-state index is 5.89. The van der Waals surface area contributed by atoms with Crippen molar-refractivity contribution in [2.75, 3.05) is 26.3 Å². The van der Waals surface area contributed by atoms with Crippen molar-refractivity contribution < 1.29 is 9.47 Å². The summed E-state index contributed by atoms with van der Waals surface area (Å²) < 4.78 is 11.4. The number of aromatic nitrogens is 2. The molecule has 0 spiro atoms. The molecule has 4 rings (SSSR count). The zero-order valence-corrected chi connectivity index (χ0v) is 14.6. The SMILES string of the molecule is C[C@@H]1CN(Cc2c(C3CCOCC3)[nH]c3cccnc23)C[C@H](C)O1. The average Bonchev–Trinajstić information content (AvgIpc) is 2.94. The van der Waals surface area contributed by atoms with Crippen molar-refractivity contribution in [2.45, 2.75) is 51.4 Å². The molecule has 0 amide bonds. The number of morpholine rings is 1. The molecule has 24 heavy (non-hydrogen) atoms. The van der Waals surface area contributed by atoms with Crippen molar-refractivity contribution in [1.29, 1.82) is 0 Å². The molecule has 1 N–H and O–H groups in total. The zero-order valence-electron chi connectivity index (χ0n) is 14.6. The molecule has 0 bridgehead atoms. The van der Waals surface area contributed by atoms with Gasteiger partial charge >= 0.3 is 0 Å². The number of aromatic amines is 1. The maximum Gasteiger partial charge on any atom is 0.0926 e. The molecule has 5 nitrogen and oxygen atoms in total. The van der Waals surface area contributed by atoms with E-state index in [-0.39, 0.29) is 0 Å². The van der Waals surface area contributed by atoms with Gasteiger partial charge in [-0.2, -0.15) is 0 Å². The topological polar surface area (TPSA) is 50.4 Å². The summed E-state index contributed by atoms with van der Waals surface area (Å²) in [5.74, 6) is 0.554. The lowest BCUT2D eigenvalue weighted by Gasteiger charge is -2.35. The smallest absolute Gasteiger partial charge is 0.0926 e. The van der Waals surface area contributed by atoms with Gasteiger partial charge in [0.15, 0.2) is 0 Å². The third-order valence-corrected chi connectivity index (χ3v) is 5.19. The van der Waals surface area contributed by atoms with Crippen LogP contribution >= 0.6 is 0 Å². The van der Waals surface area contributed by atoms with Crippen LogP contribution in [0.5, 0.6) is 0 Å². The highest BCUT2D eigenvalue weighted by atomic mass is 16.5. The average molecular weight is 329 g/mol. The van der Waals surface area contributed by atoms with E-state index in [2.05, 4.69) is 34.8 Å². The van der Waals surface area contributed by atoms with Gasteiger partial charge in [0.05, 0.1) is 23.2 Å². The van der Waals surface area contributed by atoms with E-state index in [1.807, 2.05) is 12.3 Å². The Morgan fingerprint density at radius 1 is 1.21 bits per heavy atom. The van der Waals surface area contributed by atoms with Crippen molar-refractivity contribution in [3.05, 3.63) is 29.6 Å². The second-order valence-electron chi connectivity index (χ2n) is 7.25. The minimum absolute atomic E-state index is 0.290. The van der Waals surface area contributed by atoms with Crippen LogP contribution in [0.1, 0.15) is 43.9 Å². The molecule has 2 aromatic rings. The van der Waals surface area contributed by atoms with Gasteiger partial charge in [-0.15, -0.1) is 0 Å². The van der Waals surface area contributed by atoms with Crippen molar-refractivity contribution in [3.8, 4) is 0 Å². The van der Waals surface area contributed by atoms with Gasteiger partial charge in [0.25, 0.3) is 0 Å². The monoisotopic (exact) mass is 329 g/mol. The van der Waals surface area contributed by atoms with E-state index in [9.17, 15) is 0 Å². The van der Waals surface area contributed by atoms with Gasteiger partial charge in [-0.3, -0.25) is 9.88 Å². The molecule has 0 radical (unpaired) electrons. The van der Waals surface area contributed by atoms with Crippen LogP contribution in [0.2, 0.25) is 0 Å². The first kappa shape index (κ1) is 16.1. The molecule has 2 aliphatic heterocycles. The number of H-pyrrole nitrogens is 1. The largest absolute Gasteiger partial charge is 0.381 e. The van der Waals surface area contributed by atoms with Crippen LogP contribution < -0.4 is 0 Å². The molecular formula is C19H27N3O2. The van der Waals surface area contributed by atoms with E-state index in [0.29, 0.717) is 18.1 Å². The highest BCUT2D eigenvalue weighted by Gasteiger charge is 2.27. The lowest BCUT2D eigenvalue weighted by molar-refractivity contribution is -0.0705. The highest BCUT2D eigenvalue weighted by Crippen LogP contribution is 2.33. The molecule has 2 saturated heterocycles. The standard InChI is InChI=1S/C19H27N3O2/c1-13-10-22(11-14(2)24-13)12-16-18(15-5-8-23-9-6-15)21-17-4-3-7-20-19(16)17/h3-4,7,13-15,21H,5-6,8-12H2,1-2H3/t13-,14+. The van der Waals surface area contributed by atoms with Gasteiger partial charge in [0.1, 0.15) is 0 Å². The number of rotatable bonds is 3. The minimum atomic E-state index is 0.290. The predicted molar refractivity (Wildman–Crippen MR) is 94.2 cm³/mol. The van der Waals surface area contributed by atoms with E-state index in [1.54, 1.807) is 0 Å². The second kappa shape index (κ2) is 6.82. The maximum absolute atomic E-state index is 5.89. The normalized spacial score (nSPS) is 26.9. The first-order chi connectivity index (χ1) is 11.7. The number of fused-ring (bicyclic) bond motifs is 1. The molecule has 2 aromatic heterocycles. The van der Waals surface area contributed by atoms with Gasteiger partial charge in [-0.05, 0) is 38.8 Å². The fourth-order valence-electron chi connectivity index (χ4n) is 4.23. The molecular weight excluding hydrogens is 302 g/mol. The second-order valence-corrected chi connectivity index (χ2v) is 7.25. The summed E-state index contributed by atoms with van der Waals surface area (Å²) in [5, 5.41) is 0. The Morgan fingerprint density at radius 2 is 1.96 bits per heavy atom. The summed E-state index contributed by atoms with van der Waals surface area (Å²) in [6.45, 7) is 8.96. The Kier molecular flexibility index (Phi) is 4.57. The lowest BCUT2D eigenvalue weighted by atomic mass is 9.93. The van der Waals surface area contributed by atoms with E-state index < -0.39 is 0 Å². The fraction of sp³-hybridized carbons (Fsp3) is 0.632.